The summed E-state index contributed by atoms with van der Waals surface area (Å²) in [4.78, 5) is 34.2. The second kappa shape index (κ2) is 11.5. The van der Waals surface area contributed by atoms with Crippen LogP contribution in [0.1, 0.15) is 24.2 Å². The molecular formula is C20H22N4O6S. The zero-order valence-corrected chi connectivity index (χ0v) is 17.7. The predicted molar refractivity (Wildman–Crippen MR) is 117 cm³/mol. The predicted octanol–water partition coefficient (Wildman–Crippen LogP) is 2.34. The van der Waals surface area contributed by atoms with Crippen molar-refractivity contribution in [2.24, 2.45) is 5.92 Å². The SMILES string of the molecule is CC(C)COc1cccc(C(=O)NC(=S)NNC(=O)COc2ccc([N+](=O)[O-])cc2)c1. The number of non-ortho nitro benzene ring substituents is 1. The van der Waals surface area contributed by atoms with Gasteiger partial charge in [0.1, 0.15) is 11.5 Å². The van der Waals surface area contributed by atoms with E-state index in [-0.39, 0.29) is 23.2 Å². The van der Waals surface area contributed by atoms with Gasteiger partial charge in [-0.3, -0.25) is 35.9 Å². The Morgan fingerprint density at radius 1 is 1.06 bits per heavy atom. The number of rotatable bonds is 8. The number of nitrogens with zero attached hydrogens (tertiary/aromatic N) is 1. The van der Waals surface area contributed by atoms with E-state index < -0.39 is 16.7 Å². The molecule has 0 atom stereocenters. The molecule has 0 saturated heterocycles. The van der Waals surface area contributed by atoms with E-state index in [0.717, 1.165) is 0 Å². The van der Waals surface area contributed by atoms with Crippen molar-refractivity contribution in [3.8, 4) is 11.5 Å². The average molecular weight is 446 g/mol. The van der Waals surface area contributed by atoms with Gasteiger partial charge in [0.05, 0.1) is 11.5 Å². The molecule has 11 heteroatoms. The number of nitrogens with one attached hydrogen (secondary N) is 3. The summed E-state index contributed by atoms with van der Waals surface area (Å²) in [7, 11) is 0. The lowest BCUT2D eigenvalue weighted by molar-refractivity contribution is -0.384. The first-order chi connectivity index (χ1) is 14.7. The third-order valence-corrected chi connectivity index (χ3v) is 3.84. The molecule has 2 aromatic carbocycles. The number of ether oxygens (including phenoxy) is 2. The summed E-state index contributed by atoms with van der Waals surface area (Å²) in [6.45, 7) is 4.20. The van der Waals surface area contributed by atoms with Crippen LogP contribution in [0.2, 0.25) is 0 Å². The largest absolute Gasteiger partial charge is 0.493 e. The topological polar surface area (TPSA) is 132 Å². The number of hydrogen-bond acceptors (Lipinski definition) is 7. The minimum absolute atomic E-state index is 0.0865. The highest BCUT2D eigenvalue weighted by molar-refractivity contribution is 7.80. The van der Waals surface area contributed by atoms with Crippen LogP contribution in [0, 0.1) is 16.0 Å². The first kappa shape index (κ1) is 23.5. The normalized spacial score (nSPS) is 10.2. The number of benzene rings is 2. The van der Waals surface area contributed by atoms with E-state index in [4.69, 9.17) is 21.7 Å². The third kappa shape index (κ3) is 8.26. The van der Waals surface area contributed by atoms with Gasteiger partial charge in [0, 0.05) is 17.7 Å². The van der Waals surface area contributed by atoms with Gasteiger partial charge in [0.15, 0.2) is 11.7 Å². The van der Waals surface area contributed by atoms with Crippen molar-refractivity contribution < 1.29 is 24.0 Å². The van der Waals surface area contributed by atoms with Crippen molar-refractivity contribution in [1.29, 1.82) is 0 Å². The van der Waals surface area contributed by atoms with Gasteiger partial charge >= 0.3 is 0 Å². The first-order valence-corrected chi connectivity index (χ1v) is 9.65. The molecule has 0 heterocycles. The number of thiocarbonyl (C=S) groups is 1. The van der Waals surface area contributed by atoms with E-state index in [1.807, 2.05) is 13.8 Å². The maximum Gasteiger partial charge on any atom is 0.276 e. The fourth-order valence-corrected chi connectivity index (χ4v) is 2.32. The first-order valence-electron chi connectivity index (χ1n) is 9.25. The fraction of sp³-hybridized carbons (Fsp3) is 0.250. The Morgan fingerprint density at radius 3 is 2.42 bits per heavy atom. The van der Waals surface area contributed by atoms with Gasteiger partial charge in [-0.25, -0.2) is 0 Å². The Bertz CT molecular complexity index is 949. The summed E-state index contributed by atoms with van der Waals surface area (Å²) < 4.78 is 10.8. The van der Waals surface area contributed by atoms with E-state index in [1.165, 1.54) is 24.3 Å². The van der Waals surface area contributed by atoms with Crippen molar-refractivity contribution >= 4 is 34.8 Å². The standard InChI is InChI=1S/C20H22N4O6S/c1-13(2)11-29-17-5-3-4-14(10-17)19(26)21-20(31)23-22-18(25)12-30-16-8-6-15(7-9-16)24(27)28/h3-10,13H,11-12H2,1-2H3,(H,22,25)(H2,21,23,26,31). The van der Waals surface area contributed by atoms with Crippen molar-refractivity contribution in [2.75, 3.05) is 13.2 Å². The molecule has 3 N–H and O–H groups in total. The molecule has 0 unspecified atom stereocenters. The van der Waals surface area contributed by atoms with Crippen LogP contribution in [0.3, 0.4) is 0 Å². The molecule has 31 heavy (non-hydrogen) atoms. The minimum Gasteiger partial charge on any atom is -0.493 e. The van der Waals surface area contributed by atoms with Gasteiger partial charge in [-0.05, 0) is 48.5 Å². The second-order valence-corrected chi connectivity index (χ2v) is 7.14. The van der Waals surface area contributed by atoms with Crippen LogP contribution in [0.4, 0.5) is 5.69 Å². The van der Waals surface area contributed by atoms with Gasteiger partial charge < -0.3 is 9.47 Å². The van der Waals surface area contributed by atoms with E-state index >= 15 is 0 Å². The molecule has 0 radical (unpaired) electrons. The summed E-state index contributed by atoms with van der Waals surface area (Å²) in [5, 5.41) is 12.9. The monoisotopic (exact) mass is 446 g/mol. The zero-order valence-electron chi connectivity index (χ0n) is 16.9. The summed E-state index contributed by atoms with van der Waals surface area (Å²) >= 11 is 4.99. The number of nitro benzene ring substituents is 1. The molecule has 10 nitrogen and oxygen atoms in total. The summed E-state index contributed by atoms with van der Waals surface area (Å²) in [6, 6.07) is 11.9. The number of hydrogen-bond donors (Lipinski definition) is 3. The number of amides is 2. The second-order valence-electron chi connectivity index (χ2n) is 6.73. The maximum absolute atomic E-state index is 12.3. The highest BCUT2D eigenvalue weighted by Crippen LogP contribution is 2.17. The van der Waals surface area contributed by atoms with Gasteiger partial charge in [-0.1, -0.05) is 19.9 Å². The number of carbonyl (C=O) groups excluding carboxylic acids is 2. The van der Waals surface area contributed by atoms with Crippen LogP contribution in [-0.2, 0) is 4.79 Å². The number of hydrazine groups is 1. The fourth-order valence-electron chi connectivity index (χ4n) is 2.17. The smallest absolute Gasteiger partial charge is 0.276 e. The quantitative estimate of drug-likeness (QED) is 0.320. The van der Waals surface area contributed by atoms with E-state index in [2.05, 4.69) is 16.2 Å². The molecule has 0 aliphatic carbocycles. The molecule has 0 bridgehead atoms. The van der Waals surface area contributed by atoms with Crippen LogP contribution in [0.15, 0.2) is 48.5 Å². The Balaban J connectivity index is 1.75. The maximum atomic E-state index is 12.3. The average Bonchev–Trinajstić information content (AvgIpc) is 2.75. The van der Waals surface area contributed by atoms with Crippen LogP contribution in [-0.4, -0.2) is 35.1 Å². The van der Waals surface area contributed by atoms with Crippen LogP contribution in [0.5, 0.6) is 11.5 Å². The Labute approximate surface area is 184 Å². The Kier molecular flexibility index (Phi) is 8.70. The molecule has 0 aliphatic rings. The molecule has 0 saturated carbocycles. The summed E-state index contributed by atoms with van der Waals surface area (Å²) in [6.07, 6.45) is 0. The van der Waals surface area contributed by atoms with E-state index in [0.29, 0.717) is 23.8 Å². The van der Waals surface area contributed by atoms with Crippen molar-refractivity contribution in [3.63, 3.8) is 0 Å². The Hall–Kier alpha value is -3.73. The van der Waals surface area contributed by atoms with Gasteiger partial charge in [0.2, 0.25) is 0 Å². The molecule has 2 amide bonds. The van der Waals surface area contributed by atoms with Crippen LogP contribution < -0.4 is 25.6 Å². The van der Waals surface area contributed by atoms with Gasteiger partial charge in [-0.2, -0.15) is 0 Å². The number of carbonyl (C=O) groups is 2. The molecule has 0 aliphatic heterocycles. The minimum atomic E-state index is -0.570. The highest BCUT2D eigenvalue weighted by atomic mass is 32.1. The highest BCUT2D eigenvalue weighted by Gasteiger charge is 2.11. The molecule has 2 rings (SSSR count). The van der Waals surface area contributed by atoms with Crippen molar-refractivity contribution in [2.45, 2.75) is 13.8 Å². The van der Waals surface area contributed by atoms with Crippen molar-refractivity contribution in [1.82, 2.24) is 16.2 Å². The van der Waals surface area contributed by atoms with Gasteiger partial charge in [-0.15, -0.1) is 0 Å². The molecule has 0 spiro atoms. The van der Waals surface area contributed by atoms with Crippen LogP contribution >= 0.6 is 12.2 Å². The number of nitro groups is 1. The Morgan fingerprint density at radius 2 is 1.77 bits per heavy atom. The molecule has 0 fully saturated rings. The lowest BCUT2D eigenvalue weighted by atomic mass is 10.2. The molecule has 164 valence electrons. The third-order valence-electron chi connectivity index (χ3n) is 3.64. The lowest BCUT2D eigenvalue weighted by Gasteiger charge is -2.12. The summed E-state index contributed by atoms with van der Waals surface area (Å²) in [5.41, 5.74) is 4.94. The van der Waals surface area contributed by atoms with Crippen LogP contribution in [0.25, 0.3) is 0 Å². The molecular weight excluding hydrogens is 424 g/mol. The zero-order chi connectivity index (χ0) is 22.8. The van der Waals surface area contributed by atoms with Gasteiger partial charge in [0.25, 0.3) is 17.5 Å². The van der Waals surface area contributed by atoms with Crippen molar-refractivity contribution in [3.05, 3.63) is 64.2 Å². The van der Waals surface area contributed by atoms with E-state index in [1.54, 1.807) is 24.3 Å². The summed E-state index contributed by atoms with van der Waals surface area (Å²) in [5.74, 6) is 0.165. The van der Waals surface area contributed by atoms with E-state index in [9.17, 15) is 19.7 Å². The molecule has 0 aromatic heterocycles. The lowest BCUT2D eigenvalue weighted by Crippen LogP contribution is -2.49. The molecule has 2 aromatic rings.